The minimum Gasteiger partial charge on any atom is -0.299 e. The van der Waals surface area contributed by atoms with Gasteiger partial charge in [0.1, 0.15) is 5.78 Å². The molecule has 5 nitrogen and oxygen atoms in total. The summed E-state index contributed by atoms with van der Waals surface area (Å²) in [6.07, 6.45) is 1.72. The number of amides is 1. The molecule has 0 saturated carbocycles. The molecule has 0 unspecified atom stereocenters. The van der Waals surface area contributed by atoms with Crippen LogP contribution in [0.1, 0.15) is 40.0 Å². The SMILES string of the molecule is CCC(=O)C(C)(C)CCC(=O)NS(C)(=O)=O. The van der Waals surface area contributed by atoms with E-state index in [2.05, 4.69) is 0 Å². The van der Waals surface area contributed by atoms with E-state index in [1.807, 2.05) is 4.72 Å². The summed E-state index contributed by atoms with van der Waals surface area (Å²) in [5, 5.41) is 0. The van der Waals surface area contributed by atoms with Crippen molar-refractivity contribution in [2.24, 2.45) is 5.41 Å². The third-order valence-corrected chi connectivity index (χ3v) is 2.95. The Morgan fingerprint density at radius 2 is 1.75 bits per heavy atom. The summed E-state index contributed by atoms with van der Waals surface area (Å²) in [4.78, 5) is 22.7. The highest BCUT2D eigenvalue weighted by Crippen LogP contribution is 2.24. The molecule has 0 rings (SSSR count). The molecule has 94 valence electrons. The Morgan fingerprint density at radius 1 is 1.25 bits per heavy atom. The molecule has 6 heteroatoms. The molecule has 0 aromatic carbocycles. The fourth-order valence-electron chi connectivity index (χ4n) is 1.30. The molecule has 0 aliphatic carbocycles. The Kier molecular flexibility index (Phi) is 5.12. The van der Waals surface area contributed by atoms with Crippen LogP contribution in [-0.2, 0) is 19.6 Å². The van der Waals surface area contributed by atoms with Crippen molar-refractivity contribution in [3.8, 4) is 0 Å². The molecule has 1 N–H and O–H groups in total. The monoisotopic (exact) mass is 249 g/mol. The highest BCUT2D eigenvalue weighted by atomic mass is 32.2. The summed E-state index contributed by atoms with van der Waals surface area (Å²) in [5.41, 5.74) is -0.580. The highest BCUT2D eigenvalue weighted by molar-refractivity contribution is 7.89. The number of hydrogen-bond acceptors (Lipinski definition) is 4. The van der Waals surface area contributed by atoms with Crippen LogP contribution < -0.4 is 4.72 Å². The van der Waals surface area contributed by atoms with Crippen LogP contribution in [0.4, 0.5) is 0 Å². The number of ketones is 1. The third kappa shape index (κ3) is 5.85. The first-order chi connectivity index (χ1) is 7.08. The Labute approximate surface area is 96.7 Å². The van der Waals surface area contributed by atoms with Crippen molar-refractivity contribution in [2.75, 3.05) is 6.26 Å². The zero-order chi connectivity index (χ0) is 13.0. The van der Waals surface area contributed by atoms with Crippen molar-refractivity contribution in [1.82, 2.24) is 4.72 Å². The van der Waals surface area contributed by atoms with E-state index in [1.54, 1.807) is 20.8 Å². The molecule has 16 heavy (non-hydrogen) atoms. The van der Waals surface area contributed by atoms with E-state index in [9.17, 15) is 18.0 Å². The summed E-state index contributed by atoms with van der Waals surface area (Å²) >= 11 is 0. The lowest BCUT2D eigenvalue weighted by Gasteiger charge is -2.21. The fraction of sp³-hybridized carbons (Fsp3) is 0.800. The molecule has 1 amide bonds. The van der Waals surface area contributed by atoms with E-state index in [-0.39, 0.29) is 12.2 Å². The summed E-state index contributed by atoms with van der Waals surface area (Å²) in [6.45, 7) is 5.28. The maximum atomic E-state index is 11.5. The van der Waals surface area contributed by atoms with Crippen molar-refractivity contribution in [3.05, 3.63) is 0 Å². The first-order valence-corrected chi connectivity index (χ1v) is 7.01. The Morgan fingerprint density at radius 3 is 2.12 bits per heavy atom. The van der Waals surface area contributed by atoms with Gasteiger partial charge >= 0.3 is 0 Å². The first kappa shape index (κ1) is 15.1. The molecule has 0 saturated heterocycles. The molecule has 0 aromatic heterocycles. The predicted molar refractivity (Wildman–Crippen MR) is 61.3 cm³/mol. The predicted octanol–water partition coefficient (Wildman–Crippen LogP) is 0.848. The van der Waals surface area contributed by atoms with Crippen LogP contribution in [0.5, 0.6) is 0 Å². The lowest BCUT2D eigenvalue weighted by atomic mass is 9.82. The number of sulfonamides is 1. The van der Waals surface area contributed by atoms with Gasteiger partial charge in [-0.25, -0.2) is 8.42 Å². The van der Waals surface area contributed by atoms with Gasteiger partial charge in [0.15, 0.2) is 0 Å². The van der Waals surface area contributed by atoms with Gasteiger partial charge in [0.05, 0.1) is 6.26 Å². The number of Topliss-reactive ketones (excluding diaryl/α,β-unsaturated/α-hetero) is 1. The van der Waals surface area contributed by atoms with Gasteiger partial charge in [0.2, 0.25) is 15.9 Å². The van der Waals surface area contributed by atoms with Gasteiger partial charge in [-0.3, -0.25) is 14.3 Å². The second kappa shape index (κ2) is 5.43. The van der Waals surface area contributed by atoms with E-state index in [4.69, 9.17) is 0 Å². The zero-order valence-corrected chi connectivity index (χ0v) is 11.0. The number of carbonyl (C=O) groups is 2. The Balaban J connectivity index is 4.26. The molecule has 0 radical (unpaired) electrons. The van der Waals surface area contributed by atoms with Gasteiger partial charge in [-0.15, -0.1) is 0 Å². The van der Waals surface area contributed by atoms with E-state index in [0.717, 1.165) is 6.26 Å². The van der Waals surface area contributed by atoms with Gasteiger partial charge in [0.25, 0.3) is 0 Å². The van der Waals surface area contributed by atoms with Crippen LogP contribution in [0.15, 0.2) is 0 Å². The van der Waals surface area contributed by atoms with Crippen LogP contribution in [0.2, 0.25) is 0 Å². The number of carbonyl (C=O) groups excluding carboxylic acids is 2. The van der Waals surface area contributed by atoms with Crippen LogP contribution in [-0.4, -0.2) is 26.4 Å². The average molecular weight is 249 g/mol. The summed E-state index contributed by atoms with van der Waals surface area (Å²) in [7, 11) is -3.50. The van der Waals surface area contributed by atoms with Gasteiger partial charge in [-0.1, -0.05) is 20.8 Å². The number of nitrogens with one attached hydrogen (secondary N) is 1. The normalized spacial score (nSPS) is 12.2. The lowest BCUT2D eigenvalue weighted by molar-refractivity contribution is -0.127. The van der Waals surface area contributed by atoms with Crippen LogP contribution in [0, 0.1) is 5.41 Å². The molecule has 0 aliphatic rings. The molecule has 0 aliphatic heterocycles. The van der Waals surface area contributed by atoms with E-state index < -0.39 is 21.3 Å². The topological polar surface area (TPSA) is 80.3 Å². The van der Waals surface area contributed by atoms with Crippen LogP contribution in [0.3, 0.4) is 0 Å². The van der Waals surface area contributed by atoms with E-state index in [1.165, 1.54) is 0 Å². The molecular formula is C10H19NO4S. The highest BCUT2D eigenvalue weighted by Gasteiger charge is 2.26. The van der Waals surface area contributed by atoms with Crippen molar-refractivity contribution in [1.29, 1.82) is 0 Å². The second-order valence-corrected chi connectivity index (χ2v) is 6.21. The van der Waals surface area contributed by atoms with Gasteiger partial charge in [-0.05, 0) is 6.42 Å². The van der Waals surface area contributed by atoms with E-state index >= 15 is 0 Å². The minimum absolute atomic E-state index is 0.0335. The second-order valence-electron chi connectivity index (χ2n) is 4.46. The minimum atomic E-state index is -3.50. The molecule has 0 aromatic rings. The largest absolute Gasteiger partial charge is 0.299 e. The molecule has 0 spiro atoms. The molecule has 0 bridgehead atoms. The smallest absolute Gasteiger partial charge is 0.233 e. The molecular weight excluding hydrogens is 230 g/mol. The molecule has 0 fully saturated rings. The first-order valence-electron chi connectivity index (χ1n) is 5.12. The lowest BCUT2D eigenvalue weighted by Crippen LogP contribution is -2.31. The average Bonchev–Trinajstić information content (AvgIpc) is 2.11. The fourth-order valence-corrected chi connectivity index (χ4v) is 1.82. The maximum Gasteiger partial charge on any atom is 0.233 e. The van der Waals surface area contributed by atoms with Crippen LogP contribution in [0.25, 0.3) is 0 Å². The standard InChI is InChI=1S/C10H19NO4S/c1-5-8(12)10(2,3)7-6-9(13)11-16(4,14)15/h5-7H2,1-4H3,(H,11,13). The zero-order valence-electron chi connectivity index (χ0n) is 10.2. The van der Waals surface area contributed by atoms with Gasteiger partial charge < -0.3 is 0 Å². The molecule has 0 heterocycles. The molecule has 0 atom stereocenters. The summed E-state index contributed by atoms with van der Waals surface area (Å²) in [6, 6.07) is 0. The Bertz CT molecular complexity index is 370. The van der Waals surface area contributed by atoms with Crippen molar-refractivity contribution >= 4 is 21.7 Å². The quantitative estimate of drug-likeness (QED) is 0.756. The third-order valence-electron chi connectivity index (χ3n) is 2.35. The van der Waals surface area contributed by atoms with E-state index in [0.29, 0.717) is 12.8 Å². The van der Waals surface area contributed by atoms with Gasteiger partial charge in [-0.2, -0.15) is 0 Å². The van der Waals surface area contributed by atoms with Gasteiger partial charge in [0, 0.05) is 18.3 Å². The summed E-state index contributed by atoms with van der Waals surface area (Å²) in [5.74, 6) is -0.501. The number of hydrogen-bond donors (Lipinski definition) is 1. The van der Waals surface area contributed by atoms with Crippen molar-refractivity contribution < 1.29 is 18.0 Å². The van der Waals surface area contributed by atoms with Crippen LogP contribution >= 0.6 is 0 Å². The van der Waals surface area contributed by atoms with Crippen molar-refractivity contribution in [3.63, 3.8) is 0 Å². The Hall–Kier alpha value is -0.910. The van der Waals surface area contributed by atoms with Crippen molar-refractivity contribution in [2.45, 2.75) is 40.0 Å². The number of rotatable bonds is 6. The maximum absolute atomic E-state index is 11.5. The summed E-state index contributed by atoms with van der Waals surface area (Å²) < 4.78 is 23.4.